The number of allylic oxidation sites excluding steroid dienone is 1. The Kier molecular flexibility index (Phi) is 1.89. The average Bonchev–Trinajstić information content (AvgIpc) is 3.04. The molecule has 1 fully saturated rings. The molecule has 0 radical (unpaired) electrons. The van der Waals surface area contributed by atoms with E-state index in [9.17, 15) is 0 Å². The lowest BCUT2D eigenvalue weighted by Gasteiger charge is -1.99. The van der Waals surface area contributed by atoms with Crippen molar-refractivity contribution in [2.75, 3.05) is 6.54 Å². The van der Waals surface area contributed by atoms with Gasteiger partial charge < -0.3 is 9.88 Å². The van der Waals surface area contributed by atoms with Crippen LogP contribution in [-0.4, -0.2) is 11.1 Å². The number of fused-ring (bicyclic) bond motifs is 1. The fourth-order valence-corrected chi connectivity index (χ4v) is 2.12. The minimum Gasteiger partial charge on any atom is -0.343 e. The molecular weight excluding hydrogens is 184 g/mol. The van der Waals surface area contributed by atoms with Gasteiger partial charge in [-0.1, -0.05) is 24.3 Å². The summed E-state index contributed by atoms with van der Waals surface area (Å²) in [6.45, 7) is 5.79. The lowest BCUT2D eigenvalue weighted by molar-refractivity contribution is 0.856. The molecule has 0 unspecified atom stereocenters. The van der Waals surface area contributed by atoms with Gasteiger partial charge in [0.05, 0.1) is 0 Å². The standard InChI is InChI=1S/C13H14N2/c1-2-7-15-9-11(12-8-14-12)10-5-3-4-6-13(10)15/h2-6,9,12,14H,1,7-8H2/t12-/m1/s1. The SMILES string of the molecule is C=CCn1cc([C@H]2CN2)c2ccccc21. The fourth-order valence-electron chi connectivity index (χ4n) is 2.12. The molecule has 1 aliphatic heterocycles. The molecule has 0 aliphatic carbocycles. The molecule has 76 valence electrons. The van der Waals surface area contributed by atoms with Gasteiger partial charge >= 0.3 is 0 Å². The molecular formula is C13H14N2. The summed E-state index contributed by atoms with van der Waals surface area (Å²) in [7, 11) is 0. The van der Waals surface area contributed by atoms with E-state index in [1.807, 2.05) is 6.08 Å². The average molecular weight is 198 g/mol. The lowest BCUT2D eigenvalue weighted by Crippen LogP contribution is -1.91. The van der Waals surface area contributed by atoms with Crippen LogP contribution in [0.1, 0.15) is 11.6 Å². The Labute approximate surface area is 89.2 Å². The molecule has 1 N–H and O–H groups in total. The van der Waals surface area contributed by atoms with Crippen LogP contribution >= 0.6 is 0 Å². The van der Waals surface area contributed by atoms with Crippen LogP contribution in [0.5, 0.6) is 0 Å². The second-order valence-electron chi connectivity index (χ2n) is 4.00. The van der Waals surface area contributed by atoms with Crippen LogP contribution in [0.4, 0.5) is 0 Å². The minimum absolute atomic E-state index is 0.570. The number of rotatable bonds is 3. The van der Waals surface area contributed by atoms with E-state index in [-0.39, 0.29) is 0 Å². The number of hydrogen-bond acceptors (Lipinski definition) is 1. The van der Waals surface area contributed by atoms with Crippen molar-refractivity contribution in [1.29, 1.82) is 0 Å². The molecule has 0 saturated carbocycles. The summed E-state index contributed by atoms with van der Waals surface area (Å²) in [6.07, 6.45) is 4.19. The topological polar surface area (TPSA) is 26.9 Å². The Bertz CT molecular complexity index is 506. The third-order valence-corrected chi connectivity index (χ3v) is 2.93. The third-order valence-electron chi connectivity index (χ3n) is 2.93. The molecule has 1 aromatic carbocycles. The van der Waals surface area contributed by atoms with E-state index in [0.717, 1.165) is 13.1 Å². The van der Waals surface area contributed by atoms with Crippen LogP contribution in [0.15, 0.2) is 43.1 Å². The Morgan fingerprint density at radius 1 is 1.47 bits per heavy atom. The number of nitrogens with one attached hydrogen (secondary N) is 1. The maximum Gasteiger partial charge on any atom is 0.0486 e. The Morgan fingerprint density at radius 3 is 3.00 bits per heavy atom. The number of hydrogen-bond donors (Lipinski definition) is 1. The van der Waals surface area contributed by atoms with Crippen LogP contribution in [0.2, 0.25) is 0 Å². The minimum atomic E-state index is 0.570. The highest BCUT2D eigenvalue weighted by Crippen LogP contribution is 2.30. The van der Waals surface area contributed by atoms with E-state index in [2.05, 4.69) is 46.9 Å². The molecule has 1 atom stereocenters. The zero-order valence-electron chi connectivity index (χ0n) is 8.61. The van der Waals surface area contributed by atoms with Gasteiger partial charge in [-0.05, 0) is 11.6 Å². The van der Waals surface area contributed by atoms with E-state index < -0.39 is 0 Å². The predicted octanol–water partition coefficient (Wildman–Crippen LogP) is 2.47. The number of benzene rings is 1. The van der Waals surface area contributed by atoms with Crippen LogP contribution in [0, 0.1) is 0 Å². The molecule has 1 aromatic heterocycles. The van der Waals surface area contributed by atoms with E-state index in [4.69, 9.17) is 0 Å². The summed E-state index contributed by atoms with van der Waals surface area (Å²) in [5.74, 6) is 0. The molecule has 0 spiro atoms. The third kappa shape index (κ3) is 1.38. The highest BCUT2D eigenvalue weighted by Gasteiger charge is 2.25. The number of nitrogens with zero attached hydrogens (tertiary/aromatic N) is 1. The van der Waals surface area contributed by atoms with Crippen molar-refractivity contribution < 1.29 is 0 Å². The second-order valence-corrected chi connectivity index (χ2v) is 4.00. The van der Waals surface area contributed by atoms with E-state index in [1.54, 1.807) is 0 Å². The quantitative estimate of drug-likeness (QED) is 0.595. The molecule has 0 amide bonds. The molecule has 1 aliphatic rings. The molecule has 3 rings (SSSR count). The largest absolute Gasteiger partial charge is 0.343 e. The first-order valence-electron chi connectivity index (χ1n) is 5.32. The van der Waals surface area contributed by atoms with Gasteiger partial charge in [-0.2, -0.15) is 0 Å². The zero-order valence-corrected chi connectivity index (χ0v) is 8.61. The van der Waals surface area contributed by atoms with Crippen molar-refractivity contribution in [1.82, 2.24) is 9.88 Å². The fraction of sp³-hybridized carbons (Fsp3) is 0.231. The number of para-hydroxylation sites is 1. The van der Waals surface area contributed by atoms with Gasteiger partial charge in [0.25, 0.3) is 0 Å². The van der Waals surface area contributed by atoms with Crippen molar-refractivity contribution in [3.05, 3.63) is 48.7 Å². The van der Waals surface area contributed by atoms with Crippen LogP contribution in [0.25, 0.3) is 10.9 Å². The summed E-state index contributed by atoms with van der Waals surface area (Å²) in [4.78, 5) is 0. The maximum absolute atomic E-state index is 3.80. The highest BCUT2D eigenvalue weighted by atomic mass is 15.1. The normalized spacial score (nSPS) is 19.3. The van der Waals surface area contributed by atoms with Gasteiger partial charge in [0.2, 0.25) is 0 Å². The summed E-state index contributed by atoms with van der Waals surface area (Å²) in [5, 5.41) is 4.73. The second kappa shape index (κ2) is 3.24. The van der Waals surface area contributed by atoms with Gasteiger partial charge in [0, 0.05) is 36.2 Å². The summed E-state index contributed by atoms with van der Waals surface area (Å²) in [5.41, 5.74) is 2.73. The Hall–Kier alpha value is -1.54. The number of aromatic nitrogens is 1. The lowest BCUT2D eigenvalue weighted by atomic mass is 10.1. The van der Waals surface area contributed by atoms with Crippen molar-refractivity contribution in [3.8, 4) is 0 Å². The molecule has 15 heavy (non-hydrogen) atoms. The highest BCUT2D eigenvalue weighted by molar-refractivity contribution is 5.84. The van der Waals surface area contributed by atoms with Crippen molar-refractivity contribution >= 4 is 10.9 Å². The molecule has 0 bridgehead atoms. The first kappa shape index (κ1) is 8.74. The molecule has 2 heterocycles. The van der Waals surface area contributed by atoms with E-state index in [1.165, 1.54) is 16.5 Å². The van der Waals surface area contributed by atoms with Crippen molar-refractivity contribution in [2.24, 2.45) is 0 Å². The first-order valence-corrected chi connectivity index (χ1v) is 5.32. The Morgan fingerprint density at radius 2 is 2.27 bits per heavy atom. The van der Waals surface area contributed by atoms with Crippen molar-refractivity contribution in [3.63, 3.8) is 0 Å². The summed E-state index contributed by atoms with van der Waals surface area (Å²) in [6, 6.07) is 9.13. The van der Waals surface area contributed by atoms with Crippen molar-refractivity contribution in [2.45, 2.75) is 12.6 Å². The van der Waals surface area contributed by atoms with E-state index in [0.29, 0.717) is 6.04 Å². The van der Waals surface area contributed by atoms with Crippen LogP contribution in [-0.2, 0) is 6.54 Å². The molecule has 2 nitrogen and oxygen atoms in total. The Balaban J connectivity index is 2.22. The monoisotopic (exact) mass is 198 g/mol. The van der Waals surface area contributed by atoms with Gasteiger partial charge in [0.15, 0.2) is 0 Å². The van der Waals surface area contributed by atoms with Crippen LogP contribution in [0.3, 0.4) is 0 Å². The van der Waals surface area contributed by atoms with Gasteiger partial charge in [-0.25, -0.2) is 0 Å². The van der Waals surface area contributed by atoms with Gasteiger partial charge in [-0.3, -0.25) is 0 Å². The summed E-state index contributed by atoms with van der Waals surface area (Å²) >= 11 is 0. The maximum atomic E-state index is 3.80. The smallest absolute Gasteiger partial charge is 0.0486 e. The molecule has 2 aromatic rings. The summed E-state index contributed by atoms with van der Waals surface area (Å²) < 4.78 is 2.26. The predicted molar refractivity (Wildman–Crippen MR) is 62.9 cm³/mol. The molecule has 1 saturated heterocycles. The van der Waals surface area contributed by atoms with E-state index >= 15 is 0 Å². The van der Waals surface area contributed by atoms with Gasteiger partial charge in [0.1, 0.15) is 0 Å². The van der Waals surface area contributed by atoms with Gasteiger partial charge in [-0.15, -0.1) is 6.58 Å². The zero-order chi connectivity index (χ0) is 10.3. The molecule has 2 heteroatoms. The van der Waals surface area contributed by atoms with Crippen LogP contribution < -0.4 is 5.32 Å². The first-order chi connectivity index (χ1) is 7.40.